The number of likely N-dealkylation sites (N-methyl/N-ethyl adjacent to an activating group) is 1. The van der Waals surface area contributed by atoms with Crippen LogP contribution in [-0.2, 0) is 33.3 Å². The largest absolute Gasteiger partial charge is 0.545 e. The normalized spacial score (nSPS) is 13.4. The second-order valence-corrected chi connectivity index (χ2v) is 29.0. The van der Waals surface area contributed by atoms with Crippen LogP contribution in [0.5, 0.6) is 0 Å². The number of carbonyl (C=O) groups is 3. The van der Waals surface area contributed by atoms with E-state index in [1.54, 1.807) is 0 Å². The first-order valence-corrected chi connectivity index (χ1v) is 42.0. The Morgan fingerprint density at radius 3 is 0.842 bits per heavy atom. The molecular weight excluding hydrogens is 1250 g/mol. The number of ether oxygens (including phenoxy) is 4. The van der Waals surface area contributed by atoms with Gasteiger partial charge in [0, 0.05) is 12.8 Å². The van der Waals surface area contributed by atoms with Gasteiger partial charge in [0.1, 0.15) is 13.2 Å². The lowest BCUT2D eigenvalue weighted by Crippen LogP contribution is -2.44. The first kappa shape index (κ1) is 96.2. The maximum Gasteiger partial charge on any atom is 0.306 e. The molecule has 0 aromatic carbocycles. The van der Waals surface area contributed by atoms with E-state index in [2.05, 4.69) is 160 Å². The highest BCUT2D eigenvalue weighted by molar-refractivity contribution is 5.70. The number of carbonyl (C=O) groups excluding carboxylic acids is 3. The molecule has 0 fully saturated rings. The number of allylic oxidation sites excluding steroid dienone is 24. The number of unbranched alkanes of at least 4 members (excludes halogenated alkanes) is 38. The molecule has 2 atom stereocenters. The number of nitrogens with zero attached hydrogens (tertiary/aromatic N) is 1. The van der Waals surface area contributed by atoms with Crippen LogP contribution in [0.25, 0.3) is 0 Å². The minimum Gasteiger partial charge on any atom is -0.545 e. The quantitative estimate of drug-likeness (QED) is 0.0195. The van der Waals surface area contributed by atoms with E-state index in [4.69, 9.17) is 18.9 Å². The number of esters is 2. The lowest BCUT2D eigenvalue weighted by atomic mass is 10.0. The smallest absolute Gasteiger partial charge is 0.306 e. The van der Waals surface area contributed by atoms with Gasteiger partial charge in [-0.25, -0.2) is 0 Å². The molecule has 0 saturated heterocycles. The van der Waals surface area contributed by atoms with E-state index in [-0.39, 0.29) is 38.6 Å². The van der Waals surface area contributed by atoms with Gasteiger partial charge in [-0.15, -0.1) is 0 Å². The number of carboxylic acid groups (broad SMARTS) is 1. The molecule has 9 heteroatoms. The molecule has 0 aliphatic heterocycles. The van der Waals surface area contributed by atoms with Gasteiger partial charge in [-0.3, -0.25) is 9.59 Å². The average Bonchev–Trinajstić information content (AvgIpc) is 1.25. The molecule has 0 amide bonds. The third kappa shape index (κ3) is 82.3. The van der Waals surface area contributed by atoms with Crippen molar-refractivity contribution in [3.05, 3.63) is 146 Å². The molecule has 0 bridgehead atoms. The first-order chi connectivity index (χ1) is 49.6. The Kier molecular flexibility index (Phi) is 77.0. The molecule has 0 spiro atoms. The minimum absolute atomic E-state index is 0.142. The van der Waals surface area contributed by atoms with Crippen LogP contribution in [-0.4, -0.2) is 82.3 Å². The fraction of sp³-hybridized carbons (Fsp3) is 0.707. The molecule has 2 unspecified atom stereocenters. The van der Waals surface area contributed by atoms with Crippen LogP contribution in [0.2, 0.25) is 0 Å². The summed E-state index contributed by atoms with van der Waals surface area (Å²) in [5, 5.41) is 11.9. The molecule has 101 heavy (non-hydrogen) atoms. The summed E-state index contributed by atoms with van der Waals surface area (Å²) in [5.74, 6) is -2.28. The standard InChI is InChI=1S/C92H157NO8/c1-6-8-10-12-14-16-18-20-22-24-26-28-30-32-34-36-38-40-42-44-45-47-48-50-52-54-56-58-60-62-64-66-68-70-72-74-76-78-80-82-89(94)99-86-88(87-100-92(91(96)97)98-85-84-93(3,4)5)101-90(95)83-81-79-77-75-73-71-69-67-65-63-61-59-57-55-53-51-49-46-43-41-39-37-35-33-31-29-27-25-23-21-19-17-15-13-11-9-7-2/h9,11,15,17-18,20-21,23-24,26-27,29-30,32-33,35,39,41,46,49,53,55,59,61,88,92H,6-8,10,12-14,16,19,22,25,28,31,34,36-38,40,42-45,47-48,50-52,54,56-58,60,62-87H2,1-5H3/b11-9-,17-15-,20-18-,23-21-,26-24-,29-27-,32-30-,35-33-,41-39-,49-46-,55-53-,61-59-. The summed E-state index contributed by atoms with van der Waals surface area (Å²) >= 11 is 0. The average molecular weight is 1410 g/mol. The highest BCUT2D eigenvalue weighted by Gasteiger charge is 2.22. The third-order valence-corrected chi connectivity index (χ3v) is 18.1. The molecule has 0 radical (unpaired) electrons. The van der Waals surface area contributed by atoms with Crippen molar-refractivity contribution in [2.75, 3.05) is 47.5 Å². The summed E-state index contributed by atoms with van der Waals surface area (Å²) in [6, 6.07) is 0. The third-order valence-electron chi connectivity index (χ3n) is 18.1. The topological polar surface area (TPSA) is 111 Å². The summed E-state index contributed by atoms with van der Waals surface area (Å²) in [6.45, 7) is 4.64. The second-order valence-electron chi connectivity index (χ2n) is 29.0. The van der Waals surface area contributed by atoms with E-state index >= 15 is 0 Å². The molecule has 578 valence electrons. The highest BCUT2D eigenvalue weighted by atomic mass is 16.7. The number of rotatable bonds is 77. The Balaban J connectivity index is 4.04. The molecule has 0 heterocycles. The summed E-state index contributed by atoms with van der Waals surface area (Å²) < 4.78 is 22.9. The van der Waals surface area contributed by atoms with E-state index in [9.17, 15) is 19.5 Å². The van der Waals surface area contributed by atoms with Gasteiger partial charge >= 0.3 is 11.9 Å². The lowest BCUT2D eigenvalue weighted by Gasteiger charge is -2.26. The van der Waals surface area contributed by atoms with Gasteiger partial charge < -0.3 is 33.3 Å². The van der Waals surface area contributed by atoms with Crippen molar-refractivity contribution in [2.45, 2.75) is 373 Å². The number of quaternary nitrogens is 1. The van der Waals surface area contributed by atoms with Gasteiger partial charge in [0.15, 0.2) is 12.4 Å². The predicted octanol–water partition coefficient (Wildman–Crippen LogP) is 26.0. The number of aliphatic carboxylic acids is 1. The Hall–Kier alpha value is -4.83. The Morgan fingerprint density at radius 2 is 0.564 bits per heavy atom. The van der Waals surface area contributed by atoms with Crippen LogP contribution in [0.1, 0.15) is 361 Å². The number of carboxylic acids is 1. The van der Waals surface area contributed by atoms with Crippen molar-refractivity contribution in [1.82, 2.24) is 0 Å². The van der Waals surface area contributed by atoms with Crippen LogP contribution >= 0.6 is 0 Å². The summed E-state index contributed by atoms with van der Waals surface area (Å²) in [4.78, 5) is 37.6. The Bertz CT molecular complexity index is 2180. The van der Waals surface area contributed by atoms with Gasteiger partial charge in [-0.2, -0.15) is 0 Å². The highest BCUT2D eigenvalue weighted by Crippen LogP contribution is 2.19. The molecular formula is C92H157NO8. The van der Waals surface area contributed by atoms with E-state index in [0.29, 0.717) is 17.4 Å². The molecule has 0 saturated carbocycles. The second kappa shape index (κ2) is 80.8. The Morgan fingerprint density at radius 1 is 0.307 bits per heavy atom. The Labute approximate surface area is 623 Å². The summed E-state index contributed by atoms with van der Waals surface area (Å²) in [5.41, 5.74) is 0. The monoisotopic (exact) mass is 1400 g/mol. The van der Waals surface area contributed by atoms with Crippen molar-refractivity contribution in [1.29, 1.82) is 0 Å². The van der Waals surface area contributed by atoms with Gasteiger partial charge in [0.05, 0.1) is 40.3 Å². The van der Waals surface area contributed by atoms with Crippen LogP contribution in [0.3, 0.4) is 0 Å². The molecule has 0 aromatic heterocycles. The van der Waals surface area contributed by atoms with Gasteiger partial charge in [0.2, 0.25) is 0 Å². The molecule has 0 aliphatic carbocycles. The van der Waals surface area contributed by atoms with Crippen LogP contribution in [0.4, 0.5) is 0 Å². The predicted molar refractivity (Wildman–Crippen MR) is 435 cm³/mol. The van der Waals surface area contributed by atoms with Crippen molar-refractivity contribution < 1.29 is 42.9 Å². The van der Waals surface area contributed by atoms with Crippen molar-refractivity contribution in [2.24, 2.45) is 0 Å². The molecule has 0 N–H and O–H groups in total. The molecule has 0 rings (SSSR count). The minimum atomic E-state index is -1.63. The zero-order chi connectivity index (χ0) is 73.2. The fourth-order valence-electron chi connectivity index (χ4n) is 11.7. The van der Waals surface area contributed by atoms with Crippen molar-refractivity contribution in [3.63, 3.8) is 0 Å². The van der Waals surface area contributed by atoms with Gasteiger partial charge in [-0.05, 0) is 122 Å². The first-order valence-electron chi connectivity index (χ1n) is 42.0. The van der Waals surface area contributed by atoms with Crippen LogP contribution in [0.15, 0.2) is 146 Å². The van der Waals surface area contributed by atoms with E-state index in [0.717, 1.165) is 116 Å². The SMILES string of the molecule is CC/C=C\C/C=C\C/C=C\C/C=C\C/C=C\C/C=C\C/C=C\C/C=C\C/C=C\CCCCCCCCCCCC(=O)OC(COC(=O)CCCCCCCCCCCCCCCCCCCCCCCCCC/C=C\C/C=C\C/C=C\CCCCCCC)COC(OCC[N+](C)(C)C)C(=O)[O-]. The molecule has 0 aliphatic rings. The number of hydrogen-bond donors (Lipinski definition) is 0. The lowest BCUT2D eigenvalue weighted by molar-refractivity contribution is -0.870. The fourth-order valence-corrected chi connectivity index (χ4v) is 11.7. The van der Waals surface area contributed by atoms with Crippen LogP contribution < -0.4 is 5.11 Å². The van der Waals surface area contributed by atoms with Gasteiger partial charge in [-0.1, -0.05) is 372 Å². The molecule has 0 aromatic rings. The van der Waals surface area contributed by atoms with Crippen molar-refractivity contribution in [3.8, 4) is 0 Å². The summed E-state index contributed by atoms with van der Waals surface area (Å²) in [7, 11) is 5.94. The van der Waals surface area contributed by atoms with Gasteiger partial charge in [0.25, 0.3) is 0 Å². The maximum absolute atomic E-state index is 13.0. The summed E-state index contributed by atoms with van der Waals surface area (Å²) in [6.07, 6.45) is 115. The van der Waals surface area contributed by atoms with Crippen LogP contribution in [0, 0.1) is 0 Å². The zero-order valence-electron chi connectivity index (χ0n) is 66.2. The maximum atomic E-state index is 13.0. The zero-order valence-corrected chi connectivity index (χ0v) is 66.2. The van der Waals surface area contributed by atoms with E-state index in [1.165, 1.54) is 212 Å². The van der Waals surface area contributed by atoms with Crippen molar-refractivity contribution >= 4 is 17.9 Å². The van der Waals surface area contributed by atoms with E-state index in [1.807, 2.05) is 21.1 Å². The van der Waals surface area contributed by atoms with E-state index < -0.39 is 24.3 Å². The number of hydrogen-bond acceptors (Lipinski definition) is 8. The molecule has 9 nitrogen and oxygen atoms in total.